The van der Waals surface area contributed by atoms with Crippen molar-refractivity contribution in [2.75, 3.05) is 26.4 Å². The van der Waals surface area contributed by atoms with Crippen molar-refractivity contribution in [3.05, 3.63) is 72.9 Å². The molecule has 358 valence electrons. The average Bonchev–Trinajstić information content (AvgIpc) is 3.26. The van der Waals surface area contributed by atoms with Gasteiger partial charge < -0.3 is 20.1 Å². The highest BCUT2D eigenvalue weighted by molar-refractivity contribution is 7.47. The fourth-order valence-electron chi connectivity index (χ4n) is 6.70. The van der Waals surface area contributed by atoms with Gasteiger partial charge in [-0.25, -0.2) is 4.57 Å². The highest BCUT2D eigenvalue weighted by atomic mass is 31.2. The van der Waals surface area contributed by atoms with Gasteiger partial charge in [-0.1, -0.05) is 209 Å². The Balaban J connectivity index is 3.95. The highest BCUT2D eigenvalue weighted by Gasteiger charge is 2.26. The van der Waals surface area contributed by atoms with Gasteiger partial charge in [0.15, 0.2) is 6.10 Å². The van der Waals surface area contributed by atoms with E-state index in [2.05, 4.69) is 86.8 Å². The first-order valence-electron chi connectivity index (χ1n) is 24.9. The number of hydrogen-bond acceptors (Lipinski definition) is 8. The number of hydrogen-bond donors (Lipinski definition) is 2. The van der Waals surface area contributed by atoms with Gasteiger partial charge >= 0.3 is 19.8 Å². The zero-order chi connectivity index (χ0) is 45.3. The standard InChI is InChI=1S/C52H92NO8P/c1-3-5-7-9-11-13-15-16-17-18-19-20-21-22-23-24-25-26-27-28-29-30-31-32-33-34-35-37-39-41-43-45-52(55)61-50(49-60-62(56,57)59-47-46-53)48-58-51(54)44-42-40-38-36-14-12-10-8-6-4-2/h5,7,11,13,16-17,19-20,22-23,25-26,50H,3-4,6,8-10,12,14-15,18,21,24,27-49,53H2,1-2H3,(H,56,57)/b7-5-,13-11-,17-16-,20-19-,23-22-,26-25-. The van der Waals surface area contributed by atoms with Gasteiger partial charge in [0.2, 0.25) is 0 Å². The molecule has 9 nitrogen and oxygen atoms in total. The second kappa shape index (κ2) is 47.9. The molecular weight excluding hydrogens is 798 g/mol. The Morgan fingerprint density at radius 2 is 0.887 bits per heavy atom. The van der Waals surface area contributed by atoms with Crippen molar-refractivity contribution in [2.24, 2.45) is 5.73 Å². The molecule has 0 saturated heterocycles. The minimum atomic E-state index is -4.38. The molecule has 0 aromatic carbocycles. The summed E-state index contributed by atoms with van der Waals surface area (Å²) in [5.41, 5.74) is 5.35. The maximum Gasteiger partial charge on any atom is 0.472 e. The Morgan fingerprint density at radius 3 is 1.32 bits per heavy atom. The van der Waals surface area contributed by atoms with E-state index in [1.165, 1.54) is 103 Å². The molecule has 0 aromatic heterocycles. The molecule has 0 saturated carbocycles. The molecule has 2 unspecified atom stereocenters. The highest BCUT2D eigenvalue weighted by Crippen LogP contribution is 2.43. The van der Waals surface area contributed by atoms with Crippen LogP contribution >= 0.6 is 7.82 Å². The summed E-state index contributed by atoms with van der Waals surface area (Å²) in [6, 6.07) is 0. The van der Waals surface area contributed by atoms with E-state index >= 15 is 0 Å². The third-order valence-electron chi connectivity index (χ3n) is 10.4. The van der Waals surface area contributed by atoms with Crippen molar-refractivity contribution in [3.8, 4) is 0 Å². The molecule has 0 aromatic rings. The topological polar surface area (TPSA) is 134 Å². The number of carbonyl (C=O) groups excluding carboxylic acids is 2. The average molecular weight is 890 g/mol. The van der Waals surface area contributed by atoms with Crippen LogP contribution in [0.25, 0.3) is 0 Å². The SMILES string of the molecule is CC/C=C\C/C=C\C/C=C\C/C=C\C/C=C\C/C=C\CCCCCCCCCCCCCCC(=O)OC(COC(=O)CCCCCCCCCCCC)COP(=O)(O)OCCN. The Hall–Kier alpha value is -2.55. The molecule has 0 spiro atoms. The van der Waals surface area contributed by atoms with Crippen molar-refractivity contribution < 1.29 is 37.6 Å². The number of nitrogens with two attached hydrogens (primary N) is 1. The van der Waals surface area contributed by atoms with Gasteiger partial charge in [-0.15, -0.1) is 0 Å². The van der Waals surface area contributed by atoms with Gasteiger partial charge in [0.05, 0.1) is 13.2 Å². The van der Waals surface area contributed by atoms with Crippen LogP contribution in [0.5, 0.6) is 0 Å². The Kier molecular flexibility index (Phi) is 45.9. The van der Waals surface area contributed by atoms with Crippen LogP contribution < -0.4 is 5.73 Å². The van der Waals surface area contributed by atoms with Crippen LogP contribution in [-0.2, 0) is 32.7 Å². The summed E-state index contributed by atoms with van der Waals surface area (Å²) in [6.45, 7) is 3.60. The third-order valence-corrected chi connectivity index (χ3v) is 11.3. The number of ether oxygens (including phenoxy) is 2. The Labute approximate surface area is 380 Å². The van der Waals surface area contributed by atoms with Crippen molar-refractivity contribution in [1.29, 1.82) is 0 Å². The predicted octanol–water partition coefficient (Wildman–Crippen LogP) is 15.0. The van der Waals surface area contributed by atoms with Crippen molar-refractivity contribution in [2.45, 2.75) is 219 Å². The molecule has 0 radical (unpaired) electrons. The first-order valence-corrected chi connectivity index (χ1v) is 26.4. The van der Waals surface area contributed by atoms with Gasteiger partial charge in [0, 0.05) is 19.4 Å². The zero-order valence-corrected chi connectivity index (χ0v) is 40.5. The summed E-state index contributed by atoms with van der Waals surface area (Å²) in [7, 11) is -4.38. The minimum absolute atomic E-state index is 0.0518. The van der Waals surface area contributed by atoms with Crippen LogP contribution in [0.4, 0.5) is 0 Å². The van der Waals surface area contributed by atoms with E-state index in [1.807, 2.05) is 0 Å². The van der Waals surface area contributed by atoms with Gasteiger partial charge in [0.1, 0.15) is 6.61 Å². The number of unbranched alkanes of at least 4 members (excludes halogenated alkanes) is 21. The number of rotatable bonds is 46. The third kappa shape index (κ3) is 46.9. The largest absolute Gasteiger partial charge is 0.472 e. The fraction of sp³-hybridized carbons (Fsp3) is 0.731. The number of esters is 2. The van der Waals surface area contributed by atoms with E-state index in [1.54, 1.807) is 0 Å². The molecule has 0 aliphatic heterocycles. The summed E-state index contributed by atoms with van der Waals surface area (Å²) in [5, 5.41) is 0. The quantitative estimate of drug-likeness (QED) is 0.0265. The molecular formula is C52H92NO8P. The van der Waals surface area contributed by atoms with Gasteiger partial charge in [-0.05, 0) is 64.2 Å². The van der Waals surface area contributed by atoms with Crippen LogP contribution in [-0.4, -0.2) is 49.3 Å². The second-order valence-electron chi connectivity index (χ2n) is 16.3. The van der Waals surface area contributed by atoms with E-state index in [4.69, 9.17) is 24.3 Å². The molecule has 0 heterocycles. The van der Waals surface area contributed by atoms with Crippen LogP contribution in [0, 0.1) is 0 Å². The maximum absolute atomic E-state index is 12.6. The first kappa shape index (κ1) is 59.5. The van der Waals surface area contributed by atoms with Crippen LogP contribution in [0.1, 0.15) is 213 Å². The molecule has 0 bridgehead atoms. The summed E-state index contributed by atoms with van der Waals surface area (Å²) in [5.74, 6) is -0.831. The molecule has 0 aliphatic rings. The molecule has 10 heteroatoms. The zero-order valence-electron chi connectivity index (χ0n) is 39.6. The molecule has 62 heavy (non-hydrogen) atoms. The Bertz CT molecular complexity index is 1240. The number of phosphoric ester groups is 1. The Morgan fingerprint density at radius 1 is 0.500 bits per heavy atom. The molecule has 3 N–H and O–H groups in total. The van der Waals surface area contributed by atoms with E-state index in [0.717, 1.165) is 77.0 Å². The summed E-state index contributed by atoms with van der Waals surface area (Å²) >= 11 is 0. The van der Waals surface area contributed by atoms with Crippen LogP contribution in [0.2, 0.25) is 0 Å². The normalized spacial score (nSPS) is 13.8. The number of phosphoric acid groups is 1. The monoisotopic (exact) mass is 890 g/mol. The molecule has 2 atom stereocenters. The van der Waals surface area contributed by atoms with Gasteiger partial charge in [-0.3, -0.25) is 18.6 Å². The maximum atomic E-state index is 12.6. The van der Waals surface area contributed by atoms with Crippen molar-refractivity contribution in [3.63, 3.8) is 0 Å². The smallest absolute Gasteiger partial charge is 0.462 e. The van der Waals surface area contributed by atoms with E-state index in [0.29, 0.717) is 6.42 Å². The van der Waals surface area contributed by atoms with Crippen LogP contribution in [0.15, 0.2) is 72.9 Å². The van der Waals surface area contributed by atoms with Gasteiger partial charge in [-0.2, -0.15) is 0 Å². The van der Waals surface area contributed by atoms with Crippen molar-refractivity contribution >= 4 is 19.8 Å². The molecule has 0 fully saturated rings. The summed E-state index contributed by atoms with van der Waals surface area (Å²) in [6.07, 6.45) is 59.5. The fourth-order valence-corrected chi connectivity index (χ4v) is 7.46. The van der Waals surface area contributed by atoms with Crippen molar-refractivity contribution in [1.82, 2.24) is 0 Å². The summed E-state index contributed by atoms with van der Waals surface area (Å²) in [4.78, 5) is 34.9. The predicted molar refractivity (Wildman–Crippen MR) is 261 cm³/mol. The number of carbonyl (C=O) groups is 2. The van der Waals surface area contributed by atoms with Gasteiger partial charge in [0.25, 0.3) is 0 Å². The lowest BCUT2D eigenvalue weighted by atomic mass is 10.0. The molecule has 0 amide bonds. The lowest BCUT2D eigenvalue weighted by molar-refractivity contribution is -0.161. The van der Waals surface area contributed by atoms with E-state index < -0.39 is 26.5 Å². The van der Waals surface area contributed by atoms with E-state index in [-0.39, 0.29) is 38.6 Å². The molecule has 0 rings (SSSR count). The first-order chi connectivity index (χ1) is 30.3. The lowest BCUT2D eigenvalue weighted by Gasteiger charge is -2.19. The number of allylic oxidation sites excluding steroid dienone is 12. The molecule has 0 aliphatic carbocycles. The second-order valence-corrected chi connectivity index (χ2v) is 17.8. The minimum Gasteiger partial charge on any atom is -0.462 e. The summed E-state index contributed by atoms with van der Waals surface area (Å²) < 4.78 is 32.8. The van der Waals surface area contributed by atoms with E-state index in [9.17, 15) is 19.0 Å². The van der Waals surface area contributed by atoms with Crippen LogP contribution in [0.3, 0.4) is 0 Å². The lowest BCUT2D eigenvalue weighted by Crippen LogP contribution is -2.29.